The summed E-state index contributed by atoms with van der Waals surface area (Å²) in [6.45, 7) is 5.03. The summed E-state index contributed by atoms with van der Waals surface area (Å²) in [6.07, 6.45) is -1.40. The van der Waals surface area contributed by atoms with Crippen LogP contribution in [0.5, 0.6) is 0 Å². The molecule has 0 radical (unpaired) electrons. The van der Waals surface area contributed by atoms with Crippen molar-refractivity contribution in [1.82, 2.24) is 4.98 Å². The van der Waals surface area contributed by atoms with Crippen molar-refractivity contribution in [3.8, 4) is 0 Å². The molecule has 0 aliphatic rings. The third-order valence-corrected chi connectivity index (χ3v) is 4.20. The molecule has 1 aromatic heterocycles. The fourth-order valence-electron chi connectivity index (χ4n) is 2.09. The summed E-state index contributed by atoms with van der Waals surface area (Å²) in [5.41, 5.74) is -0.505. The SMILES string of the molecule is COC(=O)C(=NOC(=O)C=NOC(=O)OCc1ccccc1)c1csc(NC(=O)OC(C)(C)C)n1. The molecule has 0 saturated carbocycles. The van der Waals surface area contributed by atoms with Crippen LogP contribution in [-0.2, 0) is 40.1 Å². The molecule has 2 rings (SSSR count). The monoisotopic (exact) mass is 506 g/mol. The van der Waals surface area contributed by atoms with Crippen molar-refractivity contribution >= 4 is 52.6 Å². The number of esters is 1. The standard InChI is InChI=1S/C21H22N4O9S/c1-21(2,3)32-19(28)24-18-23-14(12-35-18)16(17(27)30-4)25-33-15(26)10-22-34-20(29)31-11-13-8-6-5-7-9-13/h5-10,12H,11H2,1-4H3,(H,23,24,28). The summed E-state index contributed by atoms with van der Waals surface area (Å²) < 4.78 is 14.5. The summed E-state index contributed by atoms with van der Waals surface area (Å²) in [5.74, 6) is -2.14. The Morgan fingerprint density at radius 3 is 2.49 bits per heavy atom. The van der Waals surface area contributed by atoms with Crippen molar-refractivity contribution in [2.75, 3.05) is 12.4 Å². The van der Waals surface area contributed by atoms with E-state index in [1.807, 2.05) is 0 Å². The molecular weight excluding hydrogens is 484 g/mol. The van der Waals surface area contributed by atoms with Gasteiger partial charge >= 0.3 is 24.2 Å². The molecule has 1 N–H and O–H groups in total. The van der Waals surface area contributed by atoms with Gasteiger partial charge in [0.05, 0.1) is 7.11 Å². The maximum Gasteiger partial charge on any atom is 0.535 e. The molecule has 0 atom stereocenters. The summed E-state index contributed by atoms with van der Waals surface area (Å²) >= 11 is 0.965. The van der Waals surface area contributed by atoms with Gasteiger partial charge < -0.3 is 19.0 Å². The first-order valence-electron chi connectivity index (χ1n) is 9.81. The van der Waals surface area contributed by atoms with E-state index in [1.54, 1.807) is 51.1 Å². The number of benzene rings is 1. The number of hydrogen-bond acceptors (Lipinski definition) is 13. The van der Waals surface area contributed by atoms with Gasteiger partial charge in [-0.2, -0.15) is 0 Å². The second kappa shape index (κ2) is 12.8. The summed E-state index contributed by atoms with van der Waals surface area (Å²) in [5, 5.41) is 10.4. The Kier molecular flexibility index (Phi) is 9.84. The summed E-state index contributed by atoms with van der Waals surface area (Å²) in [4.78, 5) is 60.1. The van der Waals surface area contributed by atoms with E-state index in [0.29, 0.717) is 6.21 Å². The Morgan fingerprint density at radius 2 is 1.83 bits per heavy atom. The van der Waals surface area contributed by atoms with Gasteiger partial charge in [-0.05, 0) is 26.3 Å². The minimum atomic E-state index is -1.18. The van der Waals surface area contributed by atoms with E-state index in [0.717, 1.165) is 24.0 Å². The van der Waals surface area contributed by atoms with Crippen LogP contribution in [0.2, 0.25) is 0 Å². The molecule has 1 aromatic carbocycles. The third-order valence-electron chi connectivity index (χ3n) is 3.45. The minimum Gasteiger partial charge on any atom is -0.464 e. The van der Waals surface area contributed by atoms with Gasteiger partial charge in [0.25, 0.3) is 0 Å². The fraction of sp³-hybridized carbons (Fsp3) is 0.286. The highest BCUT2D eigenvalue weighted by Crippen LogP contribution is 2.18. The van der Waals surface area contributed by atoms with Crippen molar-refractivity contribution in [2.24, 2.45) is 10.3 Å². The number of nitrogens with zero attached hydrogens (tertiary/aromatic N) is 3. The van der Waals surface area contributed by atoms with Crippen LogP contribution in [0.25, 0.3) is 0 Å². The number of anilines is 1. The molecular formula is C21H22N4O9S. The Hall–Kier alpha value is -4.33. The molecule has 13 nitrogen and oxygen atoms in total. The molecule has 0 fully saturated rings. The molecule has 14 heteroatoms. The molecule has 1 heterocycles. The van der Waals surface area contributed by atoms with Crippen LogP contribution in [0, 0.1) is 0 Å². The van der Waals surface area contributed by atoms with Crippen LogP contribution in [0.4, 0.5) is 14.7 Å². The number of rotatable bonds is 8. The van der Waals surface area contributed by atoms with Gasteiger partial charge in [-0.15, -0.1) is 11.3 Å². The number of hydrogen-bond donors (Lipinski definition) is 1. The van der Waals surface area contributed by atoms with Crippen LogP contribution in [0.1, 0.15) is 32.0 Å². The Bertz CT molecular complexity index is 1110. The lowest BCUT2D eigenvalue weighted by Crippen LogP contribution is -2.27. The van der Waals surface area contributed by atoms with Gasteiger partial charge in [0.2, 0.25) is 5.71 Å². The third kappa shape index (κ3) is 10.00. The van der Waals surface area contributed by atoms with E-state index < -0.39 is 35.5 Å². The first-order valence-corrected chi connectivity index (χ1v) is 10.7. The smallest absolute Gasteiger partial charge is 0.464 e. The number of thiazole rings is 1. The number of carbonyl (C=O) groups excluding carboxylic acids is 4. The first kappa shape index (κ1) is 26.9. The highest BCUT2D eigenvalue weighted by atomic mass is 32.1. The van der Waals surface area contributed by atoms with Crippen molar-refractivity contribution in [3.05, 3.63) is 47.0 Å². The number of oxime groups is 2. The van der Waals surface area contributed by atoms with Crippen LogP contribution < -0.4 is 5.32 Å². The second-order valence-corrected chi connectivity index (χ2v) is 8.21. The minimum absolute atomic E-state index is 0.0432. The lowest BCUT2D eigenvalue weighted by molar-refractivity contribution is -0.135. The normalized spacial score (nSPS) is 11.5. The van der Waals surface area contributed by atoms with Crippen molar-refractivity contribution < 1.29 is 43.1 Å². The lowest BCUT2D eigenvalue weighted by atomic mass is 10.2. The predicted molar refractivity (Wildman–Crippen MR) is 123 cm³/mol. The van der Waals surface area contributed by atoms with Crippen LogP contribution >= 0.6 is 11.3 Å². The van der Waals surface area contributed by atoms with Crippen LogP contribution in [-0.4, -0.2) is 53.8 Å². The van der Waals surface area contributed by atoms with E-state index in [4.69, 9.17) is 9.47 Å². The number of methoxy groups -OCH3 is 1. The highest BCUT2D eigenvalue weighted by molar-refractivity contribution is 7.14. The zero-order valence-electron chi connectivity index (χ0n) is 19.2. The molecule has 0 aliphatic heterocycles. The maximum atomic E-state index is 12.0. The van der Waals surface area contributed by atoms with Gasteiger partial charge in [-0.1, -0.05) is 40.6 Å². The van der Waals surface area contributed by atoms with Crippen molar-refractivity contribution in [2.45, 2.75) is 33.0 Å². The average Bonchev–Trinajstić information content (AvgIpc) is 3.24. The van der Waals surface area contributed by atoms with Gasteiger partial charge in [-0.25, -0.2) is 24.2 Å². The molecule has 1 amide bonds. The van der Waals surface area contributed by atoms with E-state index in [9.17, 15) is 19.2 Å². The number of ether oxygens (including phenoxy) is 3. The fourth-order valence-corrected chi connectivity index (χ4v) is 2.77. The first-order chi connectivity index (χ1) is 16.6. The van der Waals surface area contributed by atoms with E-state index >= 15 is 0 Å². The van der Waals surface area contributed by atoms with Crippen molar-refractivity contribution in [1.29, 1.82) is 0 Å². The molecule has 0 bridgehead atoms. The second-order valence-electron chi connectivity index (χ2n) is 7.36. The quantitative estimate of drug-likeness (QED) is 0.185. The molecule has 186 valence electrons. The lowest BCUT2D eigenvalue weighted by Gasteiger charge is -2.18. The Morgan fingerprint density at radius 1 is 1.11 bits per heavy atom. The predicted octanol–water partition coefficient (Wildman–Crippen LogP) is 3.25. The molecule has 2 aromatic rings. The number of aromatic nitrogens is 1. The van der Waals surface area contributed by atoms with Crippen LogP contribution in [0.3, 0.4) is 0 Å². The number of nitrogens with one attached hydrogen (secondary N) is 1. The van der Waals surface area contributed by atoms with Crippen molar-refractivity contribution in [3.63, 3.8) is 0 Å². The zero-order chi connectivity index (χ0) is 25.8. The number of carbonyl (C=O) groups is 4. The zero-order valence-corrected chi connectivity index (χ0v) is 20.0. The molecule has 0 unspecified atom stereocenters. The Labute approximate surface area is 203 Å². The largest absolute Gasteiger partial charge is 0.535 e. The van der Waals surface area contributed by atoms with E-state index in [1.165, 1.54) is 5.38 Å². The van der Waals surface area contributed by atoms with E-state index in [-0.39, 0.29) is 17.4 Å². The maximum absolute atomic E-state index is 12.0. The molecule has 0 saturated heterocycles. The summed E-state index contributed by atoms with van der Waals surface area (Å²) in [7, 11) is 1.09. The van der Waals surface area contributed by atoms with Gasteiger partial charge in [-0.3, -0.25) is 10.2 Å². The molecule has 0 aliphatic carbocycles. The van der Waals surface area contributed by atoms with Gasteiger partial charge in [0.1, 0.15) is 17.9 Å². The topological polar surface area (TPSA) is 164 Å². The van der Waals surface area contributed by atoms with Crippen LogP contribution in [0.15, 0.2) is 46.0 Å². The highest BCUT2D eigenvalue weighted by Gasteiger charge is 2.22. The Balaban J connectivity index is 1.92. The average molecular weight is 506 g/mol. The van der Waals surface area contributed by atoms with Gasteiger partial charge in [0.15, 0.2) is 11.3 Å². The molecule has 35 heavy (non-hydrogen) atoms. The van der Waals surface area contributed by atoms with Gasteiger partial charge in [0, 0.05) is 5.38 Å². The van der Waals surface area contributed by atoms with E-state index in [2.05, 4.69) is 35.0 Å². The number of amides is 1. The molecule has 0 spiro atoms. The summed E-state index contributed by atoms with van der Waals surface area (Å²) in [6, 6.07) is 8.82.